The van der Waals surface area contributed by atoms with Gasteiger partial charge in [-0.1, -0.05) is 19.9 Å². The number of esters is 1. The van der Waals surface area contributed by atoms with Gasteiger partial charge in [-0.15, -0.1) is 0 Å². The summed E-state index contributed by atoms with van der Waals surface area (Å²) >= 11 is 0. The van der Waals surface area contributed by atoms with Crippen LogP contribution >= 0.6 is 0 Å². The van der Waals surface area contributed by atoms with E-state index >= 15 is 0 Å². The van der Waals surface area contributed by atoms with Gasteiger partial charge in [0.15, 0.2) is 0 Å². The highest BCUT2D eigenvalue weighted by Gasteiger charge is 2.30. The fraction of sp³-hybridized carbons (Fsp3) is 0.700. The lowest BCUT2D eigenvalue weighted by Gasteiger charge is -2.31. The molecule has 0 aliphatic carbocycles. The van der Waals surface area contributed by atoms with Crippen LogP contribution in [0.3, 0.4) is 0 Å². The molecule has 1 unspecified atom stereocenters. The molecule has 1 heterocycles. The maximum Gasteiger partial charge on any atom is 0.330 e. The van der Waals surface area contributed by atoms with Crippen LogP contribution in [-0.2, 0) is 9.53 Å². The standard InChI is InChI=1S/C10H16O2/c1-8(2)7-10(3)6-4-5-9(11)12-10/h4-5,8H,6-7H2,1-3H3. The minimum Gasteiger partial charge on any atom is -0.456 e. The summed E-state index contributed by atoms with van der Waals surface area (Å²) in [6, 6.07) is 0. The van der Waals surface area contributed by atoms with Crippen LogP contribution < -0.4 is 0 Å². The molecular formula is C10H16O2. The second-order valence-electron chi connectivity index (χ2n) is 4.08. The summed E-state index contributed by atoms with van der Waals surface area (Å²) in [5, 5.41) is 0. The molecule has 1 atom stereocenters. The number of ether oxygens (including phenoxy) is 1. The minimum atomic E-state index is -0.264. The lowest BCUT2D eigenvalue weighted by Crippen LogP contribution is -2.34. The molecule has 2 nitrogen and oxygen atoms in total. The molecule has 0 saturated carbocycles. The number of hydrogen-bond donors (Lipinski definition) is 0. The van der Waals surface area contributed by atoms with E-state index < -0.39 is 0 Å². The molecule has 0 N–H and O–H groups in total. The normalized spacial score (nSPS) is 29.2. The van der Waals surface area contributed by atoms with Crippen molar-refractivity contribution in [1.29, 1.82) is 0 Å². The van der Waals surface area contributed by atoms with Gasteiger partial charge in [0, 0.05) is 12.5 Å². The molecule has 0 fully saturated rings. The zero-order chi connectivity index (χ0) is 9.19. The van der Waals surface area contributed by atoms with E-state index in [1.807, 2.05) is 13.0 Å². The molecule has 12 heavy (non-hydrogen) atoms. The van der Waals surface area contributed by atoms with Crippen LogP contribution in [0, 0.1) is 5.92 Å². The molecule has 0 bridgehead atoms. The Morgan fingerprint density at radius 1 is 1.67 bits per heavy atom. The maximum absolute atomic E-state index is 11.0. The number of cyclic esters (lactones) is 1. The fourth-order valence-corrected chi connectivity index (χ4v) is 1.71. The van der Waals surface area contributed by atoms with Crippen molar-refractivity contribution < 1.29 is 9.53 Å². The van der Waals surface area contributed by atoms with Crippen molar-refractivity contribution in [3.05, 3.63) is 12.2 Å². The molecule has 0 aromatic carbocycles. The van der Waals surface area contributed by atoms with Crippen LogP contribution in [0.1, 0.15) is 33.6 Å². The molecule has 0 spiro atoms. The first kappa shape index (κ1) is 9.30. The van der Waals surface area contributed by atoms with E-state index in [0.717, 1.165) is 12.8 Å². The van der Waals surface area contributed by atoms with E-state index in [2.05, 4.69) is 13.8 Å². The van der Waals surface area contributed by atoms with E-state index in [4.69, 9.17) is 4.74 Å². The van der Waals surface area contributed by atoms with Gasteiger partial charge in [0.1, 0.15) is 5.60 Å². The molecule has 1 aliphatic heterocycles. The Balaban J connectivity index is 2.60. The molecule has 0 saturated heterocycles. The van der Waals surface area contributed by atoms with Crippen molar-refractivity contribution in [2.75, 3.05) is 0 Å². The lowest BCUT2D eigenvalue weighted by atomic mass is 9.90. The fourth-order valence-electron chi connectivity index (χ4n) is 1.71. The van der Waals surface area contributed by atoms with Gasteiger partial charge in [0.25, 0.3) is 0 Å². The van der Waals surface area contributed by atoms with Gasteiger partial charge >= 0.3 is 5.97 Å². The van der Waals surface area contributed by atoms with Gasteiger partial charge in [-0.3, -0.25) is 0 Å². The number of hydrogen-bond acceptors (Lipinski definition) is 2. The van der Waals surface area contributed by atoms with E-state index in [9.17, 15) is 4.79 Å². The predicted octanol–water partition coefficient (Wildman–Crippen LogP) is 2.29. The molecule has 1 rings (SSSR count). The summed E-state index contributed by atoms with van der Waals surface area (Å²) in [5.74, 6) is 0.360. The van der Waals surface area contributed by atoms with E-state index in [1.165, 1.54) is 6.08 Å². The lowest BCUT2D eigenvalue weighted by molar-refractivity contribution is -0.154. The van der Waals surface area contributed by atoms with Gasteiger partial charge in [-0.2, -0.15) is 0 Å². The average molecular weight is 168 g/mol. The van der Waals surface area contributed by atoms with Crippen LogP contribution in [0.15, 0.2) is 12.2 Å². The van der Waals surface area contributed by atoms with Crippen molar-refractivity contribution in [3.63, 3.8) is 0 Å². The first-order valence-electron chi connectivity index (χ1n) is 4.41. The summed E-state index contributed by atoms with van der Waals surface area (Å²) in [4.78, 5) is 11.0. The summed E-state index contributed by atoms with van der Waals surface area (Å²) in [6.07, 6.45) is 5.18. The number of carbonyl (C=O) groups is 1. The average Bonchev–Trinajstić information content (AvgIpc) is 1.82. The monoisotopic (exact) mass is 168 g/mol. The van der Waals surface area contributed by atoms with Crippen LogP contribution in [0.5, 0.6) is 0 Å². The predicted molar refractivity (Wildman–Crippen MR) is 47.7 cm³/mol. The Morgan fingerprint density at radius 3 is 2.83 bits per heavy atom. The van der Waals surface area contributed by atoms with E-state index in [1.54, 1.807) is 0 Å². The number of carbonyl (C=O) groups excluding carboxylic acids is 1. The van der Waals surface area contributed by atoms with E-state index in [-0.39, 0.29) is 11.6 Å². The Labute approximate surface area is 73.6 Å². The molecule has 2 heteroatoms. The Morgan fingerprint density at radius 2 is 2.33 bits per heavy atom. The molecule has 0 aromatic heterocycles. The first-order chi connectivity index (χ1) is 5.52. The van der Waals surface area contributed by atoms with E-state index in [0.29, 0.717) is 5.92 Å². The summed E-state index contributed by atoms with van der Waals surface area (Å²) in [7, 11) is 0. The Bertz CT molecular complexity index is 206. The van der Waals surface area contributed by atoms with Crippen LogP contribution in [-0.4, -0.2) is 11.6 Å². The first-order valence-corrected chi connectivity index (χ1v) is 4.41. The smallest absolute Gasteiger partial charge is 0.330 e. The largest absolute Gasteiger partial charge is 0.456 e. The third-order valence-corrected chi connectivity index (χ3v) is 1.99. The van der Waals surface area contributed by atoms with Crippen molar-refractivity contribution in [2.45, 2.75) is 39.2 Å². The highest BCUT2D eigenvalue weighted by atomic mass is 16.6. The van der Waals surface area contributed by atoms with Crippen molar-refractivity contribution in [1.82, 2.24) is 0 Å². The van der Waals surface area contributed by atoms with Crippen LogP contribution in [0.2, 0.25) is 0 Å². The van der Waals surface area contributed by atoms with Gasteiger partial charge in [0.2, 0.25) is 0 Å². The van der Waals surface area contributed by atoms with Gasteiger partial charge < -0.3 is 4.74 Å². The van der Waals surface area contributed by atoms with Gasteiger partial charge in [-0.05, 0) is 19.3 Å². The molecule has 1 aliphatic rings. The summed E-state index contributed by atoms with van der Waals surface area (Å²) in [6.45, 7) is 6.27. The van der Waals surface area contributed by atoms with Gasteiger partial charge in [-0.25, -0.2) is 4.79 Å². The molecule has 0 radical (unpaired) electrons. The second kappa shape index (κ2) is 3.30. The summed E-state index contributed by atoms with van der Waals surface area (Å²) in [5.41, 5.74) is -0.264. The van der Waals surface area contributed by atoms with Gasteiger partial charge in [0.05, 0.1) is 0 Å². The third kappa shape index (κ3) is 2.36. The topological polar surface area (TPSA) is 26.3 Å². The molecule has 68 valence electrons. The third-order valence-electron chi connectivity index (χ3n) is 1.99. The van der Waals surface area contributed by atoms with Crippen molar-refractivity contribution in [3.8, 4) is 0 Å². The molecular weight excluding hydrogens is 152 g/mol. The zero-order valence-corrected chi connectivity index (χ0v) is 7.96. The van der Waals surface area contributed by atoms with Crippen LogP contribution in [0.4, 0.5) is 0 Å². The maximum atomic E-state index is 11.0. The Kier molecular flexibility index (Phi) is 2.55. The second-order valence-corrected chi connectivity index (χ2v) is 4.08. The van der Waals surface area contributed by atoms with Crippen molar-refractivity contribution in [2.24, 2.45) is 5.92 Å². The zero-order valence-electron chi connectivity index (χ0n) is 7.96. The Hall–Kier alpha value is -0.790. The SMILES string of the molecule is CC(C)CC1(C)CC=CC(=O)O1. The highest BCUT2D eigenvalue weighted by molar-refractivity contribution is 5.83. The quantitative estimate of drug-likeness (QED) is 0.591. The van der Waals surface area contributed by atoms with Crippen LogP contribution in [0.25, 0.3) is 0 Å². The summed E-state index contributed by atoms with van der Waals surface area (Å²) < 4.78 is 5.26. The highest BCUT2D eigenvalue weighted by Crippen LogP contribution is 2.27. The van der Waals surface area contributed by atoms with Crippen molar-refractivity contribution >= 4 is 5.97 Å². The minimum absolute atomic E-state index is 0.204. The molecule has 0 amide bonds. The molecule has 0 aromatic rings. The number of rotatable bonds is 2.